The fourth-order valence-electron chi connectivity index (χ4n) is 7.33. The molecule has 58 heavy (non-hydrogen) atoms. The Bertz CT molecular complexity index is 1360. The molecule has 12 unspecified atom stereocenters. The molecule has 4 aliphatic heterocycles. The first-order chi connectivity index (χ1) is 27.5. The highest BCUT2D eigenvalue weighted by Gasteiger charge is 2.56. The van der Waals surface area contributed by atoms with Crippen molar-refractivity contribution < 1.29 is 93.1 Å². The lowest BCUT2D eigenvalue weighted by Crippen LogP contribution is -2.69. The predicted molar refractivity (Wildman–Crippen MR) is 195 cm³/mol. The third-order valence-electron chi connectivity index (χ3n) is 10.2. The molecule has 4 aliphatic rings. The zero-order valence-electron chi connectivity index (χ0n) is 33.2. The number of carbonyl (C=O) groups is 2. The number of aliphatic hydroxyl groups is 7. The van der Waals surface area contributed by atoms with E-state index < -0.39 is 148 Å². The molecule has 22 heteroatoms. The van der Waals surface area contributed by atoms with Crippen LogP contribution < -0.4 is 16.0 Å². The summed E-state index contributed by atoms with van der Waals surface area (Å²) in [4.78, 5) is 25.8. The van der Waals surface area contributed by atoms with Gasteiger partial charge in [-0.25, -0.2) is 4.79 Å². The first-order valence-corrected chi connectivity index (χ1v) is 19.1. The summed E-state index contributed by atoms with van der Waals surface area (Å²) in [6, 6.07) is -2.27. The number of hydrogen-bond donors (Lipinski definition) is 11. The van der Waals surface area contributed by atoms with E-state index >= 15 is 0 Å². The number of carboxylic acid groups (broad SMARTS) is 1. The highest BCUT2D eigenvalue weighted by atomic mass is 16.8. The molecule has 4 fully saturated rings. The molecular weight excluding hydrogens is 778 g/mol. The molecule has 4 saturated heterocycles. The Hall–Kier alpha value is -2.62. The minimum Gasteiger partial charge on any atom is -0.479 e. The number of allylic oxidation sites excluding steroid dienone is 2. The second kappa shape index (κ2) is 21.8. The SMILES string of the molecule is C=C(C)N[C@@H]1C(OC)OC(CO)[C@@H](O)C1OC1CC(O)[C@H](OC2OC(CO)[C@@H](O)C(OC3OC(C(=O)NCCCC)[C@@H](OC)C(O)[C@@H]3O)[C@@H]2NC(=C)C)C(C(=O)O)O1. The van der Waals surface area contributed by atoms with Gasteiger partial charge in [-0.3, -0.25) is 4.79 Å². The maximum atomic E-state index is 13.1. The van der Waals surface area contributed by atoms with Gasteiger partial charge in [-0.1, -0.05) is 26.5 Å². The fraction of sp³-hybridized carbons (Fsp3) is 0.833. The van der Waals surface area contributed by atoms with Crippen molar-refractivity contribution in [1.29, 1.82) is 0 Å². The highest BCUT2D eigenvalue weighted by Crippen LogP contribution is 2.35. The van der Waals surface area contributed by atoms with Gasteiger partial charge >= 0.3 is 5.97 Å². The monoisotopic (exact) mass is 839 g/mol. The molecule has 22 nitrogen and oxygen atoms in total. The molecule has 0 aromatic carbocycles. The van der Waals surface area contributed by atoms with Gasteiger partial charge in [0.1, 0.15) is 73.1 Å². The lowest BCUT2D eigenvalue weighted by molar-refractivity contribution is -0.357. The minimum absolute atomic E-state index is 0.260. The van der Waals surface area contributed by atoms with Crippen LogP contribution in [-0.2, 0) is 52.2 Å². The third-order valence-corrected chi connectivity index (χ3v) is 10.2. The van der Waals surface area contributed by atoms with Crippen molar-refractivity contribution in [3.8, 4) is 0 Å². The number of ether oxygens (including phenoxy) is 9. The summed E-state index contributed by atoms with van der Waals surface area (Å²) in [6.07, 6.45) is -25.2. The number of methoxy groups -OCH3 is 2. The van der Waals surface area contributed by atoms with Gasteiger partial charge in [-0.2, -0.15) is 0 Å². The molecule has 0 spiro atoms. The fourth-order valence-corrected chi connectivity index (χ4v) is 7.33. The Kier molecular flexibility index (Phi) is 18.0. The van der Waals surface area contributed by atoms with Crippen molar-refractivity contribution in [2.45, 2.75) is 157 Å². The van der Waals surface area contributed by atoms with Crippen LogP contribution in [0.15, 0.2) is 24.6 Å². The Labute approximate surface area is 335 Å². The van der Waals surface area contributed by atoms with Gasteiger partial charge in [0.15, 0.2) is 37.4 Å². The number of amides is 1. The molecular formula is C36H61N3O19. The van der Waals surface area contributed by atoms with Gasteiger partial charge in [0, 0.05) is 38.6 Å². The van der Waals surface area contributed by atoms with E-state index in [1.54, 1.807) is 6.92 Å². The molecule has 0 aliphatic carbocycles. The maximum Gasteiger partial charge on any atom is 0.335 e. The molecule has 0 radical (unpaired) electrons. The number of carboxylic acids is 1. The van der Waals surface area contributed by atoms with Crippen LogP contribution in [0.4, 0.5) is 0 Å². The molecule has 334 valence electrons. The quantitative estimate of drug-likeness (QED) is 0.0551. The lowest BCUT2D eigenvalue weighted by atomic mass is 9.94. The van der Waals surface area contributed by atoms with Gasteiger partial charge in [0.05, 0.1) is 19.3 Å². The Morgan fingerprint density at radius 2 is 1.24 bits per heavy atom. The van der Waals surface area contributed by atoms with Crippen LogP contribution in [0.3, 0.4) is 0 Å². The molecule has 19 atom stereocenters. The second-order valence-corrected chi connectivity index (χ2v) is 14.7. The van der Waals surface area contributed by atoms with Crippen molar-refractivity contribution in [2.24, 2.45) is 0 Å². The third kappa shape index (κ3) is 11.2. The number of rotatable bonds is 19. The van der Waals surface area contributed by atoms with Gasteiger partial charge < -0.3 is 99.4 Å². The van der Waals surface area contributed by atoms with Crippen LogP contribution in [0.2, 0.25) is 0 Å². The topological polar surface area (TPSA) is 315 Å². The lowest BCUT2D eigenvalue weighted by Gasteiger charge is -2.49. The average Bonchev–Trinajstić information content (AvgIpc) is 3.17. The summed E-state index contributed by atoms with van der Waals surface area (Å²) in [7, 11) is 2.55. The summed E-state index contributed by atoms with van der Waals surface area (Å²) >= 11 is 0. The number of unbranched alkanes of at least 4 members (excludes halogenated alkanes) is 1. The predicted octanol–water partition coefficient (Wildman–Crippen LogP) is -4.13. The molecule has 0 aromatic rings. The van der Waals surface area contributed by atoms with Crippen LogP contribution in [0.1, 0.15) is 40.0 Å². The number of hydrogen-bond acceptors (Lipinski definition) is 20. The summed E-state index contributed by atoms with van der Waals surface area (Å²) in [6.45, 7) is 11.6. The molecule has 4 heterocycles. The van der Waals surface area contributed by atoms with E-state index in [0.29, 0.717) is 18.7 Å². The Morgan fingerprint density at radius 3 is 1.76 bits per heavy atom. The van der Waals surface area contributed by atoms with Gasteiger partial charge in [-0.05, 0) is 20.3 Å². The standard InChI is InChI=1S/C36H61N3O19/c1-8-9-10-37-32(47)30-29(50-6)24(45)25(46)36(58-30)57-28-21(39-15(4)5)35(53-18(13-41)23(28)44)56-26-16(42)11-19(55-31(26)33(48)49)54-27-20(38-14(2)3)34(51-7)52-17(12-40)22(27)43/h16-31,34-36,38-46H,2,4,8-13H2,1,3,5-7H3,(H,37,47)(H,48,49)/t16?,17?,18?,19?,20-,21-,22+,23+,24?,25-,26-,27?,28?,29-,30?,31?,34?,35?,36?/m0/s1. The number of carbonyl (C=O) groups excluding carboxylic acids is 1. The van der Waals surface area contributed by atoms with Crippen molar-refractivity contribution >= 4 is 11.9 Å². The summed E-state index contributed by atoms with van der Waals surface area (Å²) in [5, 5.41) is 95.0. The summed E-state index contributed by atoms with van der Waals surface area (Å²) < 4.78 is 52.1. The van der Waals surface area contributed by atoms with Crippen LogP contribution in [0.5, 0.6) is 0 Å². The van der Waals surface area contributed by atoms with Crippen LogP contribution in [0, 0.1) is 0 Å². The zero-order chi connectivity index (χ0) is 43.0. The number of aliphatic hydroxyl groups excluding tert-OH is 7. The largest absolute Gasteiger partial charge is 0.479 e. The van der Waals surface area contributed by atoms with E-state index in [-0.39, 0.29) is 5.70 Å². The first-order valence-electron chi connectivity index (χ1n) is 19.1. The molecule has 1 amide bonds. The molecule has 4 rings (SSSR count). The summed E-state index contributed by atoms with van der Waals surface area (Å²) in [5.74, 6) is -2.26. The second-order valence-electron chi connectivity index (χ2n) is 14.7. The number of nitrogens with one attached hydrogen (secondary N) is 3. The van der Waals surface area contributed by atoms with E-state index in [1.165, 1.54) is 21.1 Å². The molecule has 0 bridgehead atoms. The molecule has 0 saturated carbocycles. The Morgan fingerprint density at radius 1 is 0.690 bits per heavy atom. The molecule has 11 N–H and O–H groups in total. The van der Waals surface area contributed by atoms with Crippen molar-refractivity contribution in [2.75, 3.05) is 34.0 Å². The summed E-state index contributed by atoms with van der Waals surface area (Å²) in [5.41, 5.74) is 0.697. The molecule has 0 aromatic heterocycles. The highest BCUT2D eigenvalue weighted by molar-refractivity contribution is 5.81. The van der Waals surface area contributed by atoms with Gasteiger partial charge in [0.25, 0.3) is 5.91 Å². The van der Waals surface area contributed by atoms with E-state index in [1.807, 2.05) is 6.92 Å². The maximum absolute atomic E-state index is 13.1. The van der Waals surface area contributed by atoms with Crippen molar-refractivity contribution in [1.82, 2.24) is 16.0 Å². The number of aliphatic carboxylic acids is 1. The minimum atomic E-state index is -1.95. The van der Waals surface area contributed by atoms with E-state index in [4.69, 9.17) is 42.6 Å². The van der Waals surface area contributed by atoms with Crippen molar-refractivity contribution in [3.05, 3.63) is 24.6 Å². The average molecular weight is 840 g/mol. The van der Waals surface area contributed by atoms with Crippen LogP contribution in [-0.4, -0.2) is 203 Å². The van der Waals surface area contributed by atoms with Crippen LogP contribution >= 0.6 is 0 Å². The van der Waals surface area contributed by atoms with Gasteiger partial charge in [-0.15, -0.1) is 0 Å². The zero-order valence-corrected chi connectivity index (χ0v) is 33.2. The van der Waals surface area contributed by atoms with Crippen molar-refractivity contribution in [3.63, 3.8) is 0 Å². The van der Waals surface area contributed by atoms with E-state index in [9.17, 15) is 50.4 Å². The first kappa shape index (κ1) is 48.1. The van der Waals surface area contributed by atoms with E-state index in [2.05, 4.69) is 29.1 Å². The Balaban J connectivity index is 1.59. The smallest absolute Gasteiger partial charge is 0.335 e. The van der Waals surface area contributed by atoms with Gasteiger partial charge in [0.2, 0.25) is 0 Å². The normalized spacial score (nSPS) is 42.0. The van der Waals surface area contributed by atoms with Crippen LogP contribution in [0.25, 0.3) is 0 Å². The van der Waals surface area contributed by atoms with E-state index in [0.717, 1.165) is 6.42 Å².